The van der Waals surface area contributed by atoms with Gasteiger partial charge in [-0.1, -0.05) is 0 Å². The van der Waals surface area contributed by atoms with Crippen molar-refractivity contribution in [2.75, 3.05) is 33.0 Å². The number of hydrogen-bond donors (Lipinski definition) is 2. The average molecular weight is 250 g/mol. The van der Waals surface area contributed by atoms with Gasteiger partial charge in [0, 0.05) is 30.9 Å². The van der Waals surface area contributed by atoms with Gasteiger partial charge in [-0.2, -0.15) is 0 Å². The molecule has 1 unspecified atom stereocenters. The largest absolute Gasteiger partial charge is 0.373 e. The van der Waals surface area contributed by atoms with Crippen LogP contribution in [0.25, 0.3) is 0 Å². The second-order valence-electron chi connectivity index (χ2n) is 4.77. The van der Waals surface area contributed by atoms with Gasteiger partial charge in [0.25, 0.3) is 5.91 Å². The minimum Gasteiger partial charge on any atom is -0.373 e. The number of likely N-dealkylation sites (N-methyl/N-ethyl adjacent to an activating group) is 1. The van der Waals surface area contributed by atoms with Crippen molar-refractivity contribution in [3.05, 3.63) is 23.4 Å². The van der Waals surface area contributed by atoms with Gasteiger partial charge in [-0.05, 0) is 40.1 Å². The van der Waals surface area contributed by atoms with Crippen LogP contribution in [-0.4, -0.2) is 49.5 Å². The maximum absolute atomic E-state index is 12.1. The van der Waals surface area contributed by atoms with Crippen LogP contribution >= 0.6 is 0 Å². The zero-order valence-electron chi connectivity index (χ0n) is 11.7. The summed E-state index contributed by atoms with van der Waals surface area (Å²) in [6, 6.07) is 3.66. The SMILES string of the molecule is CNc1cc(C(=O)NC(C)CN(C)C)cc(C)n1. The minimum absolute atomic E-state index is 0.0636. The van der Waals surface area contributed by atoms with E-state index in [1.54, 1.807) is 19.2 Å². The van der Waals surface area contributed by atoms with Gasteiger partial charge in [-0.3, -0.25) is 4.79 Å². The molecule has 1 rings (SSSR count). The molecule has 0 aliphatic heterocycles. The molecule has 5 heteroatoms. The van der Waals surface area contributed by atoms with E-state index in [2.05, 4.69) is 15.6 Å². The van der Waals surface area contributed by atoms with E-state index in [0.29, 0.717) is 11.4 Å². The Morgan fingerprint density at radius 2 is 2.11 bits per heavy atom. The van der Waals surface area contributed by atoms with E-state index in [-0.39, 0.29) is 11.9 Å². The first-order valence-electron chi connectivity index (χ1n) is 6.04. The third kappa shape index (κ3) is 4.33. The van der Waals surface area contributed by atoms with Crippen LogP contribution in [0, 0.1) is 6.92 Å². The molecule has 0 spiro atoms. The lowest BCUT2D eigenvalue weighted by molar-refractivity contribution is 0.0934. The lowest BCUT2D eigenvalue weighted by Gasteiger charge is -2.18. The van der Waals surface area contributed by atoms with E-state index in [0.717, 1.165) is 12.2 Å². The Labute approximate surface area is 109 Å². The number of anilines is 1. The predicted molar refractivity (Wildman–Crippen MR) is 74.0 cm³/mol. The minimum atomic E-state index is -0.0636. The lowest BCUT2D eigenvalue weighted by Crippen LogP contribution is -2.39. The summed E-state index contributed by atoms with van der Waals surface area (Å²) < 4.78 is 0. The molecule has 0 aliphatic rings. The molecule has 0 fully saturated rings. The molecule has 0 aromatic carbocycles. The van der Waals surface area contributed by atoms with Crippen molar-refractivity contribution in [3.8, 4) is 0 Å². The first-order chi connectivity index (χ1) is 8.42. The molecular formula is C13H22N4O. The quantitative estimate of drug-likeness (QED) is 0.822. The van der Waals surface area contributed by atoms with Crippen molar-refractivity contribution in [2.45, 2.75) is 19.9 Å². The topological polar surface area (TPSA) is 57.3 Å². The number of rotatable bonds is 5. The van der Waals surface area contributed by atoms with E-state index in [4.69, 9.17) is 0 Å². The van der Waals surface area contributed by atoms with Crippen LogP contribution in [0.4, 0.5) is 5.82 Å². The van der Waals surface area contributed by atoms with Crippen molar-refractivity contribution in [2.24, 2.45) is 0 Å². The Hall–Kier alpha value is -1.62. The van der Waals surface area contributed by atoms with Gasteiger partial charge in [0.1, 0.15) is 5.82 Å². The zero-order valence-corrected chi connectivity index (χ0v) is 11.7. The van der Waals surface area contributed by atoms with Crippen LogP contribution in [0.2, 0.25) is 0 Å². The highest BCUT2D eigenvalue weighted by Crippen LogP contribution is 2.09. The molecule has 0 radical (unpaired) electrons. The normalized spacial score (nSPS) is 12.3. The second kappa shape index (κ2) is 6.35. The summed E-state index contributed by atoms with van der Waals surface area (Å²) in [5, 5.41) is 5.92. The Kier molecular flexibility index (Phi) is 5.09. The molecule has 0 bridgehead atoms. The van der Waals surface area contributed by atoms with Crippen LogP contribution in [0.1, 0.15) is 23.0 Å². The molecule has 1 aromatic rings. The van der Waals surface area contributed by atoms with Crippen LogP contribution in [-0.2, 0) is 0 Å². The summed E-state index contributed by atoms with van der Waals surface area (Å²) in [5.74, 6) is 0.645. The molecule has 100 valence electrons. The van der Waals surface area contributed by atoms with Crippen molar-refractivity contribution >= 4 is 11.7 Å². The number of carbonyl (C=O) groups excluding carboxylic acids is 1. The Balaban J connectivity index is 2.74. The van der Waals surface area contributed by atoms with Gasteiger partial charge in [0.15, 0.2) is 0 Å². The Morgan fingerprint density at radius 3 is 2.67 bits per heavy atom. The molecule has 1 heterocycles. The molecule has 0 aliphatic carbocycles. The monoisotopic (exact) mass is 250 g/mol. The highest BCUT2D eigenvalue weighted by Gasteiger charge is 2.11. The number of amides is 1. The van der Waals surface area contributed by atoms with Crippen LogP contribution in [0.5, 0.6) is 0 Å². The Bertz CT molecular complexity index is 417. The van der Waals surface area contributed by atoms with Crippen molar-refractivity contribution in [1.82, 2.24) is 15.2 Å². The summed E-state index contributed by atoms with van der Waals surface area (Å²) in [5.41, 5.74) is 1.46. The fraction of sp³-hybridized carbons (Fsp3) is 0.538. The second-order valence-corrected chi connectivity index (χ2v) is 4.77. The average Bonchev–Trinajstić information content (AvgIpc) is 2.26. The van der Waals surface area contributed by atoms with Crippen LogP contribution < -0.4 is 10.6 Å². The summed E-state index contributed by atoms with van der Waals surface area (Å²) in [4.78, 5) is 18.4. The lowest BCUT2D eigenvalue weighted by atomic mass is 10.2. The first kappa shape index (κ1) is 14.4. The molecule has 0 saturated carbocycles. The maximum atomic E-state index is 12.1. The van der Waals surface area contributed by atoms with Crippen molar-refractivity contribution in [3.63, 3.8) is 0 Å². The third-order valence-electron chi connectivity index (χ3n) is 2.49. The van der Waals surface area contributed by atoms with E-state index < -0.39 is 0 Å². The number of hydrogen-bond acceptors (Lipinski definition) is 4. The molecule has 0 saturated heterocycles. The molecule has 1 aromatic heterocycles. The third-order valence-corrected chi connectivity index (χ3v) is 2.49. The number of aryl methyl sites for hydroxylation is 1. The Morgan fingerprint density at radius 1 is 1.44 bits per heavy atom. The van der Waals surface area contributed by atoms with Crippen LogP contribution in [0.15, 0.2) is 12.1 Å². The highest BCUT2D eigenvalue weighted by molar-refractivity contribution is 5.95. The smallest absolute Gasteiger partial charge is 0.251 e. The number of nitrogens with one attached hydrogen (secondary N) is 2. The highest BCUT2D eigenvalue weighted by atomic mass is 16.1. The molecule has 1 atom stereocenters. The van der Waals surface area contributed by atoms with Crippen molar-refractivity contribution < 1.29 is 4.79 Å². The fourth-order valence-electron chi connectivity index (χ4n) is 1.83. The fourth-order valence-corrected chi connectivity index (χ4v) is 1.83. The molecule has 1 amide bonds. The zero-order chi connectivity index (χ0) is 13.7. The van der Waals surface area contributed by atoms with E-state index in [1.165, 1.54) is 0 Å². The number of carbonyl (C=O) groups is 1. The van der Waals surface area contributed by atoms with E-state index in [1.807, 2.05) is 32.8 Å². The van der Waals surface area contributed by atoms with Crippen LogP contribution in [0.3, 0.4) is 0 Å². The van der Waals surface area contributed by atoms with Gasteiger partial charge >= 0.3 is 0 Å². The predicted octanol–water partition coefficient (Wildman–Crippen LogP) is 1.11. The first-order valence-corrected chi connectivity index (χ1v) is 6.04. The standard InChI is InChI=1S/C13H22N4O/c1-9-6-11(7-12(14-3)15-9)13(18)16-10(2)8-17(4)5/h6-7,10H,8H2,1-5H3,(H,14,15)(H,16,18). The maximum Gasteiger partial charge on any atom is 0.251 e. The molecule has 2 N–H and O–H groups in total. The molecule has 5 nitrogen and oxygen atoms in total. The number of aromatic nitrogens is 1. The summed E-state index contributed by atoms with van der Waals surface area (Å²) in [6.07, 6.45) is 0. The van der Waals surface area contributed by atoms with Gasteiger partial charge in [-0.25, -0.2) is 4.98 Å². The number of nitrogens with zero attached hydrogens (tertiary/aromatic N) is 2. The summed E-state index contributed by atoms with van der Waals surface area (Å²) in [7, 11) is 5.76. The number of pyridine rings is 1. The van der Waals surface area contributed by atoms with Gasteiger partial charge in [0.05, 0.1) is 0 Å². The summed E-state index contributed by atoms with van der Waals surface area (Å²) in [6.45, 7) is 4.68. The molecule has 18 heavy (non-hydrogen) atoms. The van der Waals surface area contributed by atoms with Gasteiger partial charge in [0.2, 0.25) is 0 Å². The van der Waals surface area contributed by atoms with Gasteiger partial charge in [-0.15, -0.1) is 0 Å². The molecular weight excluding hydrogens is 228 g/mol. The summed E-state index contributed by atoms with van der Waals surface area (Å²) >= 11 is 0. The van der Waals surface area contributed by atoms with Crippen molar-refractivity contribution in [1.29, 1.82) is 0 Å². The van der Waals surface area contributed by atoms with E-state index >= 15 is 0 Å². The van der Waals surface area contributed by atoms with Gasteiger partial charge < -0.3 is 15.5 Å². The van der Waals surface area contributed by atoms with E-state index in [9.17, 15) is 4.79 Å².